The van der Waals surface area contributed by atoms with Gasteiger partial charge in [0.2, 0.25) is 0 Å². The third-order valence-corrected chi connectivity index (χ3v) is 8.76. The lowest BCUT2D eigenvalue weighted by molar-refractivity contribution is 0.0586. The highest BCUT2D eigenvalue weighted by Gasteiger charge is 2.73. The highest BCUT2D eigenvalue weighted by molar-refractivity contribution is 6.36. The average Bonchev–Trinajstić information content (AvgIpc) is 3.39. The molecule has 4 aromatic carbocycles. The normalized spacial score (nSPS) is 22.1. The molecule has 5 nitrogen and oxygen atoms in total. The summed E-state index contributed by atoms with van der Waals surface area (Å²) in [5.74, 6) is -1.84. The molecule has 1 aliphatic carbocycles. The van der Waals surface area contributed by atoms with Crippen molar-refractivity contribution in [3.8, 4) is 0 Å². The highest BCUT2D eigenvalue weighted by Crippen LogP contribution is 2.65. The Labute approximate surface area is 234 Å². The van der Waals surface area contributed by atoms with Gasteiger partial charge >= 0.3 is 0 Å². The number of hydrogen-bond acceptors (Lipinski definition) is 5. The maximum atomic E-state index is 14.7. The van der Waals surface area contributed by atoms with Gasteiger partial charge in [-0.2, -0.15) is 5.10 Å². The molecule has 2 heterocycles. The molecule has 0 aromatic heterocycles. The molecule has 3 aliphatic rings. The van der Waals surface area contributed by atoms with Gasteiger partial charge in [-0.1, -0.05) is 108 Å². The van der Waals surface area contributed by atoms with Gasteiger partial charge in [-0.05, 0) is 28.8 Å². The van der Waals surface area contributed by atoms with E-state index in [2.05, 4.69) is 0 Å². The molecule has 1 spiro atoms. The Balaban J connectivity index is 1.58. The maximum absolute atomic E-state index is 14.7. The van der Waals surface area contributed by atoms with Crippen LogP contribution in [0.2, 0.25) is 10.0 Å². The van der Waals surface area contributed by atoms with E-state index in [0.29, 0.717) is 27.3 Å². The number of rotatable bonds is 3. The van der Waals surface area contributed by atoms with Crippen LogP contribution in [0.25, 0.3) is 0 Å². The molecule has 39 heavy (non-hydrogen) atoms. The van der Waals surface area contributed by atoms with Crippen molar-refractivity contribution in [2.45, 2.75) is 18.0 Å². The maximum Gasteiger partial charge on any atom is 0.187 e. The summed E-state index contributed by atoms with van der Waals surface area (Å²) in [4.78, 5) is 43.8. The second-order valence-corrected chi connectivity index (χ2v) is 10.9. The fourth-order valence-electron chi connectivity index (χ4n) is 6.65. The standard InChI is InChI=1S/C32H20Cl2N2O3/c33-20-14-15-24(25(34)16-20)26-27(28(37)18-8-2-1-3-9-18)36-29(21-11-5-4-10-19(21)17-35-36)32(26)30(38)22-12-6-7-13-23(22)31(32)39/h1-17,26-27,29H/t26-,27+,29+/m1/s1. The fourth-order valence-corrected chi connectivity index (χ4v) is 7.17. The lowest BCUT2D eigenvalue weighted by atomic mass is 9.63. The fraction of sp³-hybridized carbons (Fsp3) is 0.125. The van der Waals surface area contributed by atoms with Crippen molar-refractivity contribution in [3.63, 3.8) is 0 Å². The van der Waals surface area contributed by atoms with Crippen LogP contribution in [0.1, 0.15) is 59.7 Å². The van der Waals surface area contributed by atoms with Gasteiger partial charge in [-0.15, -0.1) is 0 Å². The molecular formula is C32H20Cl2N2O3. The molecule has 1 fully saturated rings. The van der Waals surface area contributed by atoms with Crippen molar-refractivity contribution < 1.29 is 14.4 Å². The summed E-state index contributed by atoms with van der Waals surface area (Å²) in [6.07, 6.45) is 1.69. The summed E-state index contributed by atoms with van der Waals surface area (Å²) in [7, 11) is 0. The Bertz CT molecular complexity index is 1700. The summed E-state index contributed by atoms with van der Waals surface area (Å²) < 4.78 is 0. The van der Waals surface area contributed by atoms with E-state index in [9.17, 15) is 14.4 Å². The molecule has 4 aromatic rings. The zero-order valence-electron chi connectivity index (χ0n) is 20.4. The summed E-state index contributed by atoms with van der Waals surface area (Å²) in [5, 5.41) is 7.11. The lowest BCUT2D eigenvalue weighted by Crippen LogP contribution is -2.44. The van der Waals surface area contributed by atoms with E-state index < -0.39 is 23.4 Å². The van der Waals surface area contributed by atoms with E-state index in [0.717, 1.165) is 11.1 Å². The summed E-state index contributed by atoms with van der Waals surface area (Å²) in [6, 6.07) is 26.5. The molecule has 0 amide bonds. The van der Waals surface area contributed by atoms with Gasteiger partial charge in [0.25, 0.3) is 0 Å². The van der Waals surface area contributed by atoms with Gasteiger partial charge in [0.05, 0.1) is 12.3 Å². The van der Waals surface area contributed by atoms with Gasteiger partial charge in [0, 0.05) is 32.7 Å². The van der Waals surface area contributed by atoms with Gasteiger partial charge in [-0.25, -0.2) is 0 Å². The minimum atomic E-state index is -1.68. The third kappa shape index (κ3) is 3.20. The predicted molar refractivity (Wildman–Crippen MR) is 150 cm³/mol. The van der Waals surface area contributed by atoms with E-state index in [4.69, 9.17) is 28.3 Å². The monoisotopic (exact) mass is 550 g/mol. The van der Waals surface area contributed by atoms with E-state index >= 15 is 0 Å². The highest BCUT2D eigenvalue weighted by atomic mass is 35.5. The third-order valence-electron chi connectivity index (χ3n) is 8.20. The number of hydrogen-bond donors (Lipinski definition) is 0. The number of halogens is 2. The molecular weight excluding hydrogens is 531 g/mol. The molecule has 190 valence electrons. The molecule has 7 rings (SSSR count). The van der Waals surface area contributed by atoms with Crippen molar-refractivity contribution >= 4 is 46.8 Å². The van der Waals surface area contributed by atoms with Crippen LogP contribution < -0.4 is 0 Å². The topological polar surface area (TPSA) is 66.8 Å². The van der Waals surface area contributed by atoms with Crippen LogP contribution in [0.4, 0.5) is 0 Å². The molecule has 7 heteroatoms. The first-order valence-electron chi connectivity index (χ1n) is 12.6. The Kier molecular flexibility index (Phi) is 5.38. The zero-order valence-corrected chi connectivity index (χ0v) is 21.9. The number of benzene rings is 4. The van der Waals surface area contributed by atoms with Crippen LogP contribution >= 0.6 is 23.2 Å². The molecule has 0 N–H and O–H groups in total. The zero-order chi connectivity index (χ0) is 26.9. The van der Waals surface area contributed by atoms with Crippen molar-refractivity contribution in [2.24, 2.45) is 10.5 Å². The van der Waals surface area contributed by atoms with Crippen molar-refractivity contribution in [2.75, 3.05) is 0 Å². The van der Waals surface area contributed by atoms with Gasteiger partial charge in [0.15, 0.2) is 17.3 Å². The molecule has 0 saturated carbocycles. The summed E-state index contributed by atoms with van der Waals surface area (Å²) >= 11 is 13.1. The minimum absolute atomic E-state index is 0.249. The molecule has 0 radical (unpaired) electrons. The van der Waals surface area contributed by atoms with Crippen LogP contribution in [0.5, 0.6) is 0 Å². The van der Waals surface area contributed by atoms with Gasteiger partial charge in [0.1, 0.15) is 11.5 Å². The van der Waals surface area contributed by atoms with Crippen LogP contribution in [-0.2, 0) is 0 Å². The minimum Gasteiger partial charge on any atom is -0.293 e. The first-order valence-corrected chi connectivity index (χ1v) is 13.3. The lowest BCUT2D eigenvalue weighted by Gasteiger charge is -2.36. The van der Waals surface area contributed by atoms with E-state index in [1.54, 1.807) is 78.0 Å². The quantitative estimate of drug-likeness (QED) is 0.208. The van der Waals surface area contributed by atoms with Crippen molar-refractivity contribution in [1.82, 2.24) is 5.01 Å². The molecule has 0 unspecified atom stereocenters. The molecule has 0 bridgehead atoms. The summed E-state index contributed by atoms with van der Waals surface area (Å²) in [5.41, 5.74) is 1.54. The van der Waals surface area contributed by atoms with Crippen molar-refractivity contribution in [3.05, 3.63) is 140 Å². The average molecular weight is 551 g/mol. The molecule has 2 aliphatic heterocycles. The molecule has 1 saturated heterocycles. The van der Waals surface area contributed by atoms with Crippen LogP contribution in [0.15, 0.2) is 102 Å². The Morgan fingerprint density at radius 2 is 1.41 bits per heavy atom. The smallest absolute Gasteiger partial charge is 0.187 e. The number of carbonyl (C=O) groups excluding carboxylic acids is 3. The largest absolute Gasteiger partial charge is 0.293 e. The predicted octanol–water partition coefficient (Wildman–Crippen LogP) is 6.80. The Morgan fingerprint density at radius 1 is 0.769 bits per heavy atom. The molecule has 3 atom stereocenters. The van der Waals surface area contributed by atoms with E-state index in [1.165, 1.54) is 0 Å². The van der Waals surface area contributed by atoms with Gasteiger partial charge < -0.3 is 0 Å². The number of carbonyl (C=O) groups is 3. The first-order chi connectivity index (χ1) is 18.9. The second kappa shape index (κ2) is 8.73. The van der Waals surface area contributed by atoms with Crippen LogP contribution in [-0.4, -0.2) is 34.6 Å². The number of fused-ring (bicyclic) bond motifs is 5. The number of ketones is 3. The number of Topliss-reactive ketones (excluding diaryl/α,β-unsaturated/α-hetero) is 3. The first kappa shape index (κ1) is 24.0. The Hall–Kier alpha value is -4.06. The SMILES string of the molecule is O=C(c1ccccc1)[C@@H]1[C@@H](c2ccc(Cl)cc2Cl)C2(C(=O)c3ccccc3C2=O)[C@@H]2c3ccccc3C=NN12. The number of nitrogens with zero attached hydrogens (tertiary/aromatic N) is 2. The van der Waals surface area contributed by atoms with E-state index in [-0.39, 0.29) is 22.4 Å². The second-order valence-electron chi connectivity index (χ2n) is 10.0. The van der Waals surface area contributed by atoms with Crippen LogP contribution in [0.3, 0.4) is 0 Å². The Morgan fingerprint density at radius 3 is 2.10 bits per heavy atom. The summed E-state index contributed by atoms with van der Waals surface area (Å²) in [6.45, 7) is 0. The van der Waals surface area contributed by atoms with Gasteiger partial charge in [-0.3, -0.25) is 19.4 Å². The number of hydrazone groups is 1. The van der Waals surface area contributed by atoms with E-state index in [1.807, 2.05) is 30.3 Å². The van der Waals surface area contributed by atoms with Crippen molar-refractivity contribution in [1.29, 1.82) is 0 Å². The van der Waals surface area contributed by atoms with Crippen LogP contribution in [0, 0.1) is 5.41 Å².